The number of halogens is 2. The lowest BCUT2D eigenvalue weighted by Gasteiger charge is -2.12. The smallest absolute Gasteiger partial charge is 0.319 e. The highest BCUT2D eigenvalue weighted by Crippen LogP contribution is 2.20. The summed E-state index contributed by atoms with van der Waals surface area (Å²) in [6.45, 7) is 1.93. The molecule has 1 aliphatic heterocycles. The maximum absolute atomic E-state index is 12.2. The Hall–Kier alpha value is -2.28. The van der Waals surface area contributed by atoms with E-state index < -0.39 is 0 Å². The Kier molecular flexibility index (Phi) is 7.91. The van der Waals surface area contributed by atoms with Crippen molar-refractivity contribution in [1.82, 2.24) is 10.6 Å². The van der Waals surface area contributed by atoms with E-state index >= 15 is 0 Å². The number of hydrogen-bond acceptors (Lipinski definition) is 3. The largest absolute Gasteiger partial charge is 0.334 e. The van der Waals surface area contributed by atoms with Gasteiger partial charge >= 0.3 is 6.03 Å². The summed E-state index contributed by atoms with van der Waals surface area (Å²) < 4.78 is 0. The molecule has 1 heterocycles. The number of nitrogens with one attached hydrogen (secondary N) is 4. The van der Waals surface area contributed by atoms with Crippen LogP contribution in [-0.4, -0.2) is 25.0 Å². The monoisotopic (exact) mass is 408 g/mol. The molecule has 1 unspecified atom stereocenters. The third-order valence-corrected chi connectivity index (χ3v) is 4.53. The molecule has 8 heteroatoms. The highest BCUT2D eigenvalue weighted by molar-refractivity contribution is 6.33. The van der Waals surface area contributed by atoms with Gasteiger partial charge in [-0.1, -0.05) is 35.9 Å². The van der Waals surface area contributed by atoms with Crippen molar-refractivity contribution in [3.05, 3.63) is 59.1 Å². The van der Waals surface area contributed by atoms with Crippen LogP contribution in [0.5, 0.6) is 0 Å². The molecule has 0 bridgehead atoms. The first kappa shape index (κ1) is 21.0. The van der Waals surface area contributed by atoms with E-state index in [0.717, 1.165) is 30.8 Å². The Bertz CT molecular complexity index is 795. The highest BCUT2D eigenvalue weighted by atomic mass is 35.5. The van der Waals surface area contributed by atoms with Crippen LogP contribution in [0, 0.1) is 5.92 Å². The molecule has 27 heavy (non-hydrogen) atoms. The van der Waals surface area contributed by atoms with Crippen molar-refractivity contribution in [2.75, 3.05) is 23.7 Å². The van der Waals surface area contributed by atoms with Gasteiger partial charge in [-0.05, 0) is 42.8 Å². The van der Waals surface area contributed by atoms with Crippen molar-refractivity contribution in [2.45, 2.75) is 13.0 Å². The van der Waals surface area contributed by atoms with Gasteiger partial charge in [0.05, 0.1) is 16.6 Å². The molecule has 1 atom stereocenters. The number of carbonyl (C=O) groups excluding carboxylic acids is 2. The summed E-state index contributed by atoms with van der Waals surface area (Å²) in [6.07, 6.45) is 0.856. The number of benzene rings is 2. The van der Waals surface area contributed by atoms with Gasteiger partial charge in [0.1, 0.15) is 0 Å². The second-order valence-corrected chi connectivity index (χ2v) is 6.57. The maximum Gasteiger partial charge on any atom is 0.319 e. The van der Waals surface area contributed by atoms with Crippen molar-refractivity contribution in [2.24, 2.45) is 5.92 Å². The highest BCUT2D eigenvalue weighted by Gasteiger charge is 2.22. The zero-order valence-corrected chi connectivity index (χ0v) is 16.2. The Morgan fingerprint density at radius 3 is 2.67 bits per heavy atom. The molecule has 0 spiro atoms. The minimum Gasteiger partial charge on any atom is -0.334 e. The summed E-state index contributed by atoms with van der Waals surface area (Å²) in [5, 5.41) is 12.1. The van der Waals surface area contributed by atoms with Crippen LogP contribution in [0.15, 0.2) is 48.5 Å². The number of para-hydroxylation sites is 1. The van der Waals surface area contributed by atoms with Crippen molar-refractivity contribution < 1.29 is 9.59 Å². The van der Waals surface area contributed by atoms with Crippen LogP contribution in [0.4, 0.5) is 16.2 Å². The lowest BCUT2D eigenvalue weighted by molar-refractivity contribution is -0.119. The molecule has 0 radical (unpaired) electrons. The van der Waals surface area contributed by atoms with E-state index in [0.29, 0.717) is 17.3 Å². The molecule has 4 N–H and O–H groups in total. The van der Waals surface area contributed by atoms with Crippen LogP contribution in [0.25, 0.3) is 0 Å². The Labute approximate surface area is 169 Å². The van der Waals surface area contributed by atoms with Crippen molar-refractivity contribution >= 4 is 47.3 Å². The second kappa shape index (κ2) is 10.2. The SMILES string of the molecule is Cl.O=C(NCc1cccc(NC(=O)C2CCNC2)c1)Nc1ccccc1Cl. The molecule has 1 fully saturated rings. The number of urea groups is 1. The normalized spacial score (nSPS) is 15.5. The van der Waals surface area contributed by atoms with Crippen LogP contribution < -0.4 is 21.3 Å². The quantitative estimate of drug-likeness (QED) is 0.609. The molecule has 3 amide bonds. The molecule has 3 rings (SSSR count). The van der Waals surface area contributed by atoms with Crippen molar-refractivity contribution in [3.8, 4) is 0 Å². The summed E-state index contributed by atoms with van der Waals surface area (Å²) >= 11 is 6.02. The summed E-state index contributed by atoms with van der Waals surface area (Å²) in [5.74, 6) is 0.0368. The van der Waals surface area contributed by atoms with E-state index in [2.05, 4.69) is 21.3 Å². The molecule has 144 valence electrons. The van der Waals surface area contributed by atoms with Gasteiger partial charge in [-0.25, -0.2) is 4.79 Å². The molecule has 1 saturated heterocycles. The molecule has 0 saturated carbocycles. The molecule has 2 aromatic rings. The minimum atomic E-state index is -0.343. The molecular formula is C19H22Cl2N4O2. The van der Waals surface area contributed by atoms with Crippen LogP contribution in [0.2, 0.25) is 5.02 Å². The van der Waals surface area contributed by atoms with E-state index in [1.807, 2.05) is 24.3 Å². The number of carbonyl (C=O) groups is 2. The zero-order chi connectivity index (χ0) is 18.4. The number of hydrogen-bond donors (Lipinski definition) is 4. The van der Waals surface area contributed by atoms with Gasteiger partial charge in [-0.15, -0.1) is 12.4 Å². The minimum absolute atomic E-state index is 0. The average molecular weight is 409 g/mol. The Morgan fingerprint density at radius 2 is 1.93 bits per heavy atom. The third kappa shape index (κ3) is 6.13. The van der Waals surface area contributed by atoms with Gasteiger partial charge in [0, 0.05) is 18.8 Å². The first-order valence-corrected chi connectivity index (χ1v) is 8.89. The molecule has 1 aliphatic rings. The molecular weight excluding hydrogens is 387 g/mol. The predicted octanol–water partition coefficient (Wildman–Crippen LogP) is 3.63. The van der Waals surface area contributed by atoms with E-state index in [1.165, 1.54) is 0 Å². The second-order valence-electron chi connectivity index (χ2n) is 6.17. The molecule has 0 aliphatic carbocycles. The fourth-order valence-electron chi connectivity index (χ4n) is 2.79. The zero-order valence-electron chi connectivity index (χ0n) is 14.6. The van der Waals surface area contributed by atoms with Gasteiger partial charge in [-0.2, -0.15) is 0 Å². The fourth-order valence-corrected chi connectivity index (χ4v) is 2.98. The Balaban J connectivity index is 0.00000261. The number of amides is 3. The van der Waals surface area contributed by atoms with E-state index in [9.17, 15) is 9.59 Å². The third-order valence-electron chi connectivity index (χ3n) is 4.20. The van der Waals surface area contributed by atoms with Gasteiger partial charge in [0.15, 0.2) is 0 Å². The average Bonchev–Trinajstić information content (AvgIpc) is 3.17. The maximum atomic E-state index is 12.2. The number of anilines is 2. The van der Waals surface area contributed by atoms with Crippen molar-refractivity contribution in [3.63, 3.8) is 0 Å². The van der Waals surface area contributed by atoms with Crippen LogP contribution in [0.3, 0.4) is 0 Å². The van der Waals surface area contributed by atoms with E-state index in [-0.39, 0.29) is 30.3 Å². The topological polar surface area (TPSA) is 82.3 Å². The first-order valence-electron chi connectivity index (χ1n) is 8.52. The van der Waals surface area contributed by atoms with Gasteiger partial charge < -0.3 is 21.3 Å². The summed E-state index contributed by atoms with van der Waals surface area (Å²) in [5.41, 5.74) is 2.17. The lowest BCUT2D eigenvalue weighted by atomic mass is 10.1. The predicted molar refractivity (Wildman–Crippen MR) is 111 cm³/mol. The van der Waals surface area contributed by atoms with E-state index in [4.69, 9.17) is 11.6 Å². The van der Waals surface area contributed by atoms with Crippen LogP contribution >= 0.6 is 24.0 Å². The van der Waals surface area contributed by atoms with Crippen LogP contribution in [0.1, 0.15) is 12.0 Å². The molecule has 0 aromatic heterocycles. The fraction of sp³-hybridized carbons (Fsp3) is 0.263. The molecule has 2 aromatic carbocycles. The van der Waals surface area contributed by atoms with Gasteiger partial charge in [0.2, 0.25) is 5.91 Å². The van der Waals surface area contributed by atoms with E-state index in [1.54, 1.807) is 24.3 Å². The summed E-state index contributed by atoms with van der Waals surface area (Å²) in [7, 11) is 0. The van der Waals surface area contributed by atoms with Crippen molar-refractivity contribution in [1.29, 1.82) is 0 Å². The summed E-state index contributed by atoms with van der Waals surface area (Å²) in [6, 6.07) is 14.1. The summed E-state index contributed by atoms with van der Waals surface area (Å²) in [4.78, 5) is 24.2. The van der Waals surface area contributed by atoms with Gasteiger partial charge in [0.25, 0.3) is 0 Å². The van der Waals surface area contributed by atoms with Crippen LogP contribution in [-0.2, 0) is 11.3 Å². The first-order chi connectivity index (χ1) is 12.6. The standard InChI is InChI=1S/C19H21ClN4O2.ClH/c20-16-6-1-2-7-17(16)24-19(26)22-11-13-4-3-5-15(10-13)23-18(25)14-8-9-21-12-14;/h1-7,10,14,21H,8-9,11-12H2,(H,23,25)(H2,22,24,26);1H. The lowest BCUT2D eigenvalue weighted by Crippen LogP contribution is -2.28. The van der Waals surface area contributed by atoms with Gasteiger partial charge in [-0.3, -0.25) is 4.79 Å². The molecule has 6 nitrogen and oxygen atoms in total. The number of rotatable bonds is 5. The Morgan fingerprint density at radius 1 is 1.11 bits per heavy atom.